The van der Waals surface area contributed by atoms with Gasteiger partial charge in [0.05, 0.1) is 12.3 Å². The number of nitrogens with one attached hydrogen (secondary N) is 1. The number of rotatable bonds is 8. The van der Waals surface area contributed by atoms with Crippen LogP contribution in [0.1, 0.15) is 23.5 Å². The van der Waals surface area contributed by atoms with Crippen molar-refractivity contribution < 1.29 is 4.74 Å². The maximum Gasteiger partial charge on any atom is 0.107 e. The maximum absolute atomic E-state index is 5.06. The van der Waals surface area contributed by atoms with Gasteiger partial charge in [0.25, 0.3) is 0 Å². The molecule has 4 nitrogen and oxygen atoms in total. The van der Waals surface area contributed by atoms with Crippen LogP contribution in [0.2, 0.25) is 0 Å². The summed E-state index contributed by atoms with van der Waals surface area (Å²) in [6.45, 7) is 3.56. The van der Waals surface area contributed by atoms with E-state index in [1.807, 2.05) is 0 Å². The molecule has 0 saturated heterocycles. The topological polar surface area (TPSA) is 37.4 Å². The first-order valence-corrected chi connectivity index (χ1v) is 7.00. The Morgan fingerprint density at radius 3 is 3.12 bits per heavy atom. The van der Waals surface area contributed by atoms with Crippen molar-refractivity contribution in [3.05, 3.63) is 16.1 Å². The zero-order valence-electron chi connectivity index (χ0n) is 10.6. The third-order valence-corrected chi connectivity index (χ3v) is 3.73. The molecule has 1 saturated carbocycles. The van der Waals surface area contributed by atoms with Crippen LogP contribution >= 0.6 is 11.3 Å². The Morgan fingerprint density at radius 1 is 1.59 bits per heavy atom. The Kier molecular flexibility index (Phi) is 4.91. The Hall–Kier alpha value is -0.490. The van der Waals surface area contributed by atoms with E-state index < -0.39 is 0 Å². The molecule has 0 radical (unpaired) electrons. The smallest absolute Gasteiger partial charge is 0.107 e. The molecule has 1 fully saturated rings. The normalized spacial score (nSPS) is 15.7. The monoisotopic (exact) mass is 255 g/mol. The van der Waals surface area contributed by atoms with Crippen molar-refractivity contribution >= 4 is 11.3 Å². The first-order valence-electron chi connectivity index (χ1n) is 6.12. The zero-order chi connectivity index (χ0) is 12.1. The van der Waals surface area contributed by atoms with Gasteiger partial charge in [-0.2, -0.15) is 0 Å². The molecular weight excluding hydrogens is 234 g/mol. The fourth-order valence-electron chi connectivity index (χ4n) is 1.62. The van der Waals surface area contributed by atoms with Gasteiger partial charge in [-0.15, -0.1) is 11.3 Å². The van der Waals surface area contributed by atoms with E-state index in [1.165, 1.54) is 23.5 Å². The molecule has 0 bridgehead atoms. The minimum atomic E-state index is 0.756. The molecule has 2 rings (SSSR count). The third kappa shape index (κ3) is 4.71. The molecule has 0 aromatic carbocycles. The molecule has 1 aliphatic carbocycles. The van der Waals surface area contributed by atoms with Gasteiger partial charge in [-0.1, -0.05) is 0 Å². The van der Waals surface area contributed by atoms with Gasteiger partial charge in [0, 0.05) is 38.2 Å². The van der Waals surface area contributed by atoms with Crippen LogP contribution in [0.3, 0.4) is 0 Å². The molecule has 96 valence electrons. The van der Waals surface area contributed by atoms with Gasteiger partial charge in [0.15, 0.2) is 0 Å². The minimum Gasteiger partial charge on any atom is -0.383 e. The number of nitrogens with zero attached hydrogens (tertiary/aromatic N) is 2. The van der Waals surface area contributed by atoms with Crippen LogP contribution < -0.4 is 5.32 Å². The molecule has 0 unspecified atom stereocenters. The second-order valence-corrected chi connectivity index (χ2v) is 5.56. The van der Waals surface area contributed by atoms with E-state index in [0.29, 0.717) is 0 Å². The van der Waals surface area contributed by atoms with Crippen LogP contribution in [-0.4, -0.2) is 43.2 Å². The van der Waals surface area contributed by atoms with Gasteiger partial charge >= 0.3 is 0 Å². The zero-order valence-corrected chi connectivity index (χ0v) is 11.4. The van der Waals surface area contributed by atoms with Crippen molar-refractivity contribution in [3.63, 3.8) is 0 Å². The number of thiazole rings is 1. The molecular formula is C12H21N3OS. The Bertz CT molecular complexity index is 338. The van der Waals surface area contributed by atoms with Gasteiger partial charge < -0.3 is 10.1 Å². The minimum absolute atomic E-state index is 0.756. The van der Waals surface area contributed by atoms with Gasteiger partial charge in [-0.05, 0) is 19.9 Å². The summed E-state index contributed by atoms with van der Waals surface area (Å²) in [6.07, 6.45) is 2.66. The van der Waals surface area contributed by atoms with Crippen molar-refractivity contribution in [2.24, 2.45) is 0 Å². The fourth-order valence-corrected chi connectivity index (χ4v) is 2.36. The average molecular weight is 255 g/mol. The maximum atomic E-state index is 5.06. The molecule has 0 amide bonds. The van der Waals surface area contributed by atoms with E-state index in [0.717, 1.165) is 32.3 Å². The predicted octanol–water partition coefficient (Wildman–Crippen LogP) is 1.47. The molecule has 0 aliphatic heterocycles. The highest BCUT2D eigenvalue weighted by molar-refractivity contribution is 7.09. The van der Waals surface area contributed by atoms with E-state index in [-0.39, 0.29) is 0 Å². The van der Waals surface area contributed by atoms with Crippen LogP contribution in [0.5, 0.6) is 0 Å². The fraction of sp³-hybridized carbons (Fsp3) is 0.750. The third-order valence-electron chi connectivity index (χ3n) is 2.83. The quantitative estimate of drug-likeness (QED) is 0.763. The Morgan fingerprint density at radius 2 is 2.41 bits per heavy atom. The van der Waals surface area contributed by atoms with Crippen LogP contribution in [0, 0.1) is 0 Å². The summed E-state index contributed by atoms with van der Waals surface area (Å²) in [4.78, 5) is 6.86. The molecule has 17 heavy (non-hydrogen) atoms. The van der Waals surface area contributed by atoms with Crippen molar-refractivity contribution in [1.82, 2.24) is 15.2 Å². The first-order chi connectivity index (χ1) is 8.28. The summed E-state index contributed by atoms with van der Waals surface area (Å²) >= 11 is 1.75. The van der Waals surface area contributed by atoms with Crippen molar-refractivity contribution in [3.8, 4) is 0 Å². The van der Waals surface area contributed by atoms with Gasteiger partial charge in [-0.3, -0.25) is 4.90 Å². The number of methoxy groups -OCH3 is 1. The van der Waals surface area contributed by atoms with Crippen molar-refractivity contribution in [1.29, 1.82) is 0 Å². The largest absolute Gasteiger partial charge is 0.383 e. The molecule has 1 aromatic rings. The Labute approximate surface area is 107 Å². The summed E-state index contributed by atoms with van der Waals surface area (Å²) in [6, 6.07) is 0.756. The van der Waals surface area contributed by atoms with Crippen LogP contribution in [0.25, 0.3) is 0 Å². The van der Waals surface area contributed by atoms with E-state index in [2.05, 4.69) is 27.6 Å². The number of hydrogen-bond acceptors (Lipinski definition) is 5. The highest BCUT2D eigenvalue weighted by atomic mass is 32.1. The number of hydrogen-bond donors (Lipinski definition) is 1. The SMILES string of the molecule is COCCN(C)Cc1csc(CNC2CC2)n1. The highest BCUT2D eigenvalue weighted by Crippen LogP contribution is 2.20. The van der Waals surface area contributed by atoms with Crippen LogP contribution in [0.15, 0.2) is 5.38 Å². The standard InChI is InChI=1S/C12H21N3OS/c1-15(5-6-16-2)8-11-9-17-12(14-11)7-13-10-3-4-10/h9-10,13H,3-8H2,1-2H3. The van der Waals surface area contributed by atoms with Crippen LogP contribution in [0.4, 0.5) is 0 Å². The van der Waals surface area contributed by atoms with Gasteiger partial charge in [0.1, 0.15) is 5.01 Å². The lowest BCUT2D eigenvalue weighted by molar-refractivity contribution is 0.158. The summed E-state index contributed by atoms with van der Waals surface area (Å²) in [5.41, 5.74) is 1.17. The molecule has 5 heteroatoms. The van der Waals surface area contributed by atoms with Crippen LogP contribution in [-0.2, 0) is 17.8 Å². The molecule has 1 N–H and O–H groups in total. The second kappa shape index (κ2) is 6.44. The molecule has 0 spiro atoms. The number of likely N-dealkylation sites (N-methyl/N-ethyl adjacent to an activating group) is 1. The lowest BCUT2D eigenvalue weighted by atomic mass is 10.4. The lowest BCUT2D eigenvalue weighted by Gasteiger charge is -2.13. The average Bonchev–Trinajstić information content (AvgIpc) is 3.05. The van der Waals surface area contributed by atoms with E-state index >= 15 is 0 Å². The molecule has 0 atom stereocenters. The van der Waals surface area contributed by atoms with E-state index in [1.54, 1.807) is 18.4 Å². The van der Waals surface area contributed by atoms with Gasteiger partial charge in [-0.25, -0.2) is 4.98 Å². The van der Waals surface area contributed by atoms with E-state index in [9.17, 15) is 0 Å². The molecule has 1 heterocycles. The Balaban J connectivity index is 1.72. The summed E-state index contributed by atoms with van der Waals surface area (Å²) in [5, 5.41) is 6.85. The second-order valence-electron chi connectivity index (χ2n) is 4.62. The number of ether oxygens (including phenoxy) is 1. The molecule has 1 aliphatic rings. The van der Waals surface area contributed by atoms with Crippen molar-refractivity contribution in [2.75, 3.05) is 27.3 Å². The lowest BCUT2D eigenvalue weighted by Crippen LogP contribution is -2.22. The highest BCUT2D eigenvalue weighted by Gasteiger charge is 2.20. The summed E-state index contributed by atoms with van der Waals surface area (Å²) < 4.78 is 5.06. The number of aromatic nitrogens is 1. The molecule has 1 aromatic heterocycles. The predicted molar refractivity (Wildman–Crippen MR) is 70.2 cm³/mol. The van der Waals surface area contributed by atoms with Gasteiger partial charge in [0.2, 0.25) is 0 Å². The first kappa shape index (κ1) is 13.0. The van der Waals surface area contributed by atoms with E-state index in [4.69, 9.17) is 4.74 Å². The van der Waals surface area contributed by atoms with Crippen molar-refractivity contribution in [2.45, 2.75) is 32.0 Å². The summed E-state index contributed by atoms with van der Waals surface area (Å²) in [5.74, 6) is 0. The summed E-state index contributed by atoms with van der Waals surface area (Å²) in [7, 11) is 3.83.